The van der Waals surface area contributed by atoms with Crippen molar-refractivity contribution in [3.8, 4) is 0 Å². The van der Waals surface area contributed by atoms with Crippen LogP contribution in [0.15, 0.2) is 0 Å². The molecule has 1 saturated carbocycles. The van der Waals surface area contributed by atoms with Crippen LogP contribution in [-0.4, -0.2) is 22.3 Å². The van der Waals surface area contributed by atoms with Crippen LogP contribution in [-0.2, 0) is 4.79 Å². The topological polar surface area (TPSA) is 57.5 Å². The van der Waals surface area contributed by atoms with E-state index in [0.29, 0.717) is 12.3 Å². The Morgan fingerprint density at radius 1 is 1.23 bits per heavy atom. The zero-order valence-electron chi connectivity index (χ0n) is 7.91. The Morgan fingerprint density at radius 2 is 1.77 bits per heavy atom. The second kappa shape index (κ2) is 5.22. The molecule has 0 bridgehead atoms. The maximum absolute atomic E-state index is 10.4. The van der Waals surface area contributed by atoms with Gasteiger partial charge < -0.3 is 10.2 Å². The van der Waals surface area contributed by atoms with E-state index < -0.39 is 12.1 Å². The SMILES string of the molecule is O=C(O)[C@H](O)CC1CCCCCC1. The molecule has 1 aliphatic rings. The molecule has 0 aromatic carbocycles. The van der Waals surface area contributed by atoms with Crippen LogP contribution in [0, 0.1) is 5.92 Å². The van der Waals surface area contributed by atoms with Crippen LogP contribution in [0.1, 0.15) is 44.9 Å². The highest BCUT2D eigenvalue weighted by Gasteiger charge is 2.20. The predicted octanol–water partition coefficient (Wildman–Crippen LogP) is 1.79. The summed E-state index contributed by atoms with van der Waals surface area (Å²) in [5.41, 5.74) is 0. The van der Waals surface area contributed by atoms with Crippen molar-refractivity contribution >= 4 is 5.97 Å². The largest absolute Gasteiger partial charge is 0.479 e. The lowest BCUT2D eigenvalue weighted by molar-refractivity contribution is -0.147. The summed E-state index contributed by atoms with van der Waals surface area (Å²) in [5.74, 6) is -0.655. The van der Waals surface area contributed by atoms with Gasteiger partial charge >= 0.3 is 5.97 Å². The Bertz CT molecular complexity index is 160. The van der Waals surface area contributed by atoms with E-state index >= 15 is 0 Å². The summed E-state index contributed by atoms with van der Waals surface area (Å²) in [7, 11) is 0. The van der Waals surface area contributed by atoms with Gasteiger partial charge in [-0.3, -0.25) is 0 Å². The first-order chi connectivity index (χ1) is 6.20. The maximum atomic E-state index is 10.4. The zero-order valence-corrected chi connectivity index (χ0v) is 7.91. The van der Waals surface area contributed by atoms with Gasteiger partial charge in [0.2, 0.25) is 0 Å². The fourth-order valence-electron chi connectivity index (χ4n) is 2.02. The van der Waals surface area contributed by atoms with Gasteiger partial charge in [-0.15, -0.1) is 0 Å². The van der Waals surface area contributed by atoms with E-state index in [2.05, 4.69) is 0 Å². The molecular formula is C10H18O3. The number of hydrogen-bond acceptors (Lipinski definition) is 2. The van der Waals surface area contributed by atoms with Crippen molar-refractivity contribution in [2.45, 2.75) is 51.0 Å². The first-order valence-electron chi connectivity index (χ1n) is 5.11. The smallest absolute Gasteiger partial charge is 0.332 e. The molecule has 13 heavy (non-hydrogen) atoms. The summed E-state index contributed by atoms with van der Waals surface area (Å²) < 4.78 is 0. The van der Waals surface area contributed by atoms with Crippen molar-refractivity contribution in [2.24, 2.45) is 5.92 Å². The molecule has 0 aromatic rings. The van der Waals surface area contributed by atoms with Gasteiger partial charge in [0.25, 0.3) is 0 Å². The first-order valence-corrected chi connectivity index (χ1v) is 5.11. The predicted molar refractivity (Wildman–Crippen MR) is 49.5 cm³/mol. The molecule has 0 unspecified atom stereocenters. The third-order valence-electron chi connectivity index (χ3n) is 2.82. The first kappa shape index (κ1) is 10.5. The lowest BCUT2D eigenvalue weighted by atomic mass is 9.94. The summed E-state index contributed by atoms with van der Waals surface area (Å²) in [4.78, 5) is 10.4. The molecular weight excluding hydrogens is 168 g/mol. The molecule has 2 N–H and O–H groups in total. The highest BCUT2D eigenvalue weighted by molar-refractivity contribution is 5.71. The van der Waals surface area contributed by atoms with E-state index in [1.165, 1.54) is 25.7 Å². The molecule has 0 spiro atoms. The van der Waals surface area contributed by atoms with Crippen LogP contribution in [0.5, 0.6) is 0 Å². The van der Waals surface area contributed by atoms with Gasteiger partial charge in [0.15, 0.2) is 6.10 Å². The fourth-order valence-corrected chi connectivity index (χ4v) is 2.02. The van der Waals surface area contributed by atoms with E-state index in [4.69, 9.17) is 5.11 Å². The minimum atomic E-state index is -1.15. The number of aliphatic hydroxyl groups excluding tert-OH is 1. The number of carbonyl (C=O) groups is 1. The summed E-state index contributed by atoms with van der Waals surface area (Å²) in [6.07, 6.45) is 6.38. The summed E-state index contributed by atoms with van der Waals surface area (Å²) in [6, 6.07) is 0. The van der Waals surface area contributed by atoms with Gasteiger partial charge in [0.05, 0.1) is 0 Å². The Hall–Kier alpha value is -0.570. The lowest BCUT2D eigenvalue weighted by Crippen LogP contribution is -2.22. The molecule has 1 aliphatic carbocycles. The molecule has 0 saturated heterocycles. The van der Waals surface area contributed by atoms with Gasteiger partial charge in [-0.2, -0.15) is 0 Å². The third kappa shape index (κ3) is 3.77. The van der Waals surface area contributed by atoms with E-state index in [9.17, 15) is 9.90 Å². The Balaban J connectivity index is 2.29. The molecule has 0 heterocycles. The van der Waals surface area contributed by atoms with Crippen LogP contribution < -0.4 is 0 Å². The molecule has 3 heteroatoms. The van der Waals surface area contributed by atoms with Crippen LogP contribution in [0.2, 0.25) is 0 Å². The minimum absolute atomic E-state index is 0.425. The molecule has 3 nitrogen and oxygen atoms in total. The van der Waals surface area contributed by atoms with Crippen molar-refractivity contribution in [3.05, 3.63) is 0 Å². The lowest BCUT2D eigenvalue weighted by Gasteiger charge is -2.15. The number of hydrogen-bond donors (Lipinski definition) is 2. The van der Waals surface area contributed by atoms with Crippen LogP contribution >= 0.6 is 0 Å². The maximum Gasteiger partial charge on any atom is 0.332 e. The average Bonchev–Trinajstić information content (AvgIpc) is 2.32. The number of aliphatic hydroxyl groups is 1. The molecule has 76 valence electrons. The number of rotatable bonds is 3. The van der Waals surface area contributed by atoms with Gasteiger partial charge in [-0.1, -0.05) is 38.5 Å². The molecule has 0 aromatic heterocycles. The highest BCUT2D eigenvalue weighted by Crippen LogP contribution is 2.26. The van der Waals surface area contributed by atoms with Crippen LogP contribution in [0.25, 0.3) is 0 Å². The number of carboxylic acid groups (broad SMARTS) is 1. The van der Waals surface area contributed by atoms with E-state index in [-0.39, 0.29) is 0 Å². The van der Waals surface area contributed by atoms with Gasteiger partial charge in [0, 0.05) is 0 Å². The molecule has 1 fully saturated rings. The second-order valence-electron chi connectivity index (χ2n) is 3.95. The van der Waals surface area contributed by atoms with Crippen molar-refractivity contribution in [2.75, 3.05) is 0 Å². The monoisotopic (exact) mass is 186 g/mol. The Labute approximate surface area is 78.8 Å². The Kier molecular flexibility index (Phi) is 4.22. The summed E-state index contributed by atoms with van der Waals surface area (Å²) in [6.45, 7) is 0. The quantitative estimate of drug-likeness (QED) is 0.661. The molecule has 0 amide bonds. The van der Waals surface area contributed by atoms with Gasteiger partial charge in [-0.05, 0) is 12.3 Å². The zero-order chi connectivity index (χ0) is 9.68. The van der Waals surface area contributed by atoms with Crippen LogP contribution in [0.3, 0.4) is 0 Å². The van der Waals surface area contributed by atoms with Gasteiger partial charge in [0.1, 0.15) is 0 Å². The third-order valence-corrected chi connectivity index (χ3v) is 2.82. The van der Waals surface area contributed by atoms with E-state index in [1.54, 1.807) is 0 Å². The summed E-state index contributed by atoms with van der Waals surface area (Å²) >= 11 is 0. The van der Waals surface area contributed by atoms with Crippen molar-refractivity contribution in [3.63, 3.8) is 0 Å². The van der Waals surface area contributed by atoms with Crippen molar-refractivity contribution in [1.29, 1.82) is 0 Å². The standard InChI is InChI=1S/C10H18O3/c11-9(10(12)13)7-8-5-3-1-2-4-6-8/h8-9,11H,1-7H2,(H,12,13)/t9-/m1/s1. The Morgan fingerprint density at radius 3 is 2.23 bits per heavy atom. The number of carboxylic acids is 1. The number of aliphatic carboxylic acids is 1. The highest BCUT2D eigenvalue weighted by atomic mass is 16.4. The van der Waals surface area contributed by atoms with Crippen LogP contribution in [0.4, 0.5) is 0 Å². The van der Waals surface area contributed by atoms with Crippen molar-refractivity contribution in [1.82, 2.24) is 0 Å². The second-order valence-corrected chi connectivity index (χ2v) is 3.95. The van der Waals surface area contributed by atoms with E-state index in [0.717, 1.165) is 12.8 Å². The average molecular weight is 186 g/mol. The molecule has 1 atom stereocenters. The molecule has 1 rings (SSSR count). The fraction of sp³-hybridized carbons (Fsp3) is 0.900. The van der Waals surface area contributed by atoms with E-state index in [1.807, 2.05) is 0 Å². The minimum Gasteiger partial charge on any atom is -0.479 e. The normalized spacial score (nSPS) is 22.2. The molecule has 0 aliphatic heterocycles. The van der Waals surface area contributed by atoms with Gasteiger partial charge in [-0.25, -0.2) is 4.79 Å². The van der Waals surface area contributed by atoms with Crippen molar-refractivity contribution < 1.29 is 15.0 Å². The molecule has 0 radical (unpaired) electrons. The summed E-state index contributed by atoms with van der Waals surface area (Å²) in [5, 5.41) is 17.7.